The highest BCUT2D eigenvalue weighted by molar-refractivity contribution is 6.35. The Morgan fingerprint density at radius 2 is 1.08 bits per heavy atom. The molecule has 0 saturated heterocycles. The molecule has 0 aliphatic carbocycles. The minimum absolute atomic E-state index is 0.248. The molecule has 1 aromatic carbocycles. The van der Waals surface area contributed by atoms with Gasteiger partial charge in [0.2, 0.25) is 0 Å². The summed E-state index contributed by atoms with van der Waals surface area (Å²) >= 11 is 0. The maximum atomic E-state index is 12.6. The second-order valence-electron chi connectivity index (χ2n) is 6.29. The number of hydrogen-bond acceptors (Lipinski definition) is 4. The molecule has 0 N–H and O–H groups in total. The van der Waals surface area contributed by atoms with Crippen LogP contribution >= 0.6 is 0 Å². The molecule has 0 bridgehead atoms. The number of carbonyl (C=O) groups is 4. The summed E-state index contributed by atoms with van der Waals surface area (Å²) < 4.78 is 0. The van der Waals surface area contributed by atoms with Crippen molar-refractivity contribution in [2.24, 2.45) is 0 Å². The molecule has 6 heteroatoms. The van der Waals surface area contributed by atoms with Crippen LogP contribution in [-0.4, -0.2) is 23.6 Å². The lowest BCUT2D eigenvalue weighted by Gasteiger charge is -2.23. The first-order valence-corrected chi connectivity index (χ1v) is 8.76. The molecule has 0 fully saturated rings. The lowest BCUT2D eigenvalue weighted by atomic mass is 10.1. The van der Waals surface area contributed by atoms with E-state index in [0.717, 1.165) is 22.6 Å². The average molecular weight is 352 g/mol. The number of nitrogens with zero attached hydrogens (tertiary/aromatic N) is 2. The van der Waals surface area contributed by atoms with Gasteiger partial charge in [0, 0.05) is 23.3 Å². The molecular formula is C20H20N2O4. The lowest BCUT2D eigenvalue weighted by molar-refractivity contribution is -0.122. The van der Waals surface area contributed by atoms with Crippen LogP contribution < -0.4 is 9.80 Å². The summed E-state index contributed by atoms with van der Waals surface area (Å²) in [6.07, 6.45) is 5.16. The Morgan fingerprint density at radius 3 is 1.42 bits per heavy atom. The fourth-order valence-electron chi connectivity index (χ4n) is 3.23. The maximum absolute atomic E-state index is 12.6. The van der Waals surface area contributed by atoms with Gasteiger partial charge >= 0.3 is 0 Å². The van der Waals surface area contributed by atoms with Crippen molar-refractivity contribution in [2.45, 2.75) is 39.5 Å². The number of anilines is 2. The number of rotatable bonds is 6. The van der Waals surface area contributed by atoms with Gasteiger partial charge in [-0.1, -0.05) is 38.8 Å². The molecule has 0 radical (unpaired) electrons. The lowest BCUT2D eigenvalue weighted by Crippen LogP contribution is -2.36. The first-order valence-electron chi connectivity index (χ1n) is 8.76. The second kappa shape index (κ2) is 7.07. The van der Waals surface area contributed by atoms with Crippen LogP contribution in [0.5, 0.6) is 0 Å². The van der Waals surface area contributed by atoms with Crippen molar-refractivity contribution in [3.05, 3.63) is 47.6 Å². The molecule has 134 valence electrons. The summed E-state index contributed by atoms with van der Waals surface area (Å²) in [7, 11) is 0. The van der Waals surface area contributed by atoms with Gasteiger partial charge in [-0.05, 0) is 25.0 Å². The van der Waals surface area contributed by atoms with Gasteiger partial charge in [-0.25, -0.2) is 9.80 Å². The van der Waals surface area contributed by atoms with Crippen LogP contribution in [0.3, 0.4) is 0 Å². The Labute approximate surface area is 151 Å². The van der Waals surface area contributed by atoms with Gasteiger partial charge in [0.05, 0.1) is 11.4 Å². The molecule has 2 heterocycles. The molecule has 0 unspecified atom stereocenters. The van der Waals surface area contributed by atoms with Gasteiger partial charge in [-0.3, -0.25) is 19.2 Å². The predicted molar refractivity (Wildman–Crippen MR) is 97.4 cm³/mol. The molecule has 2 aliphatic rings. The summed E-state index contributed by atoms with van der Waals surface area (Å²) in [4.78, 5) is 52.1. The van der Waals surface area contributed by atoms with Crippen molar-refractivity contribution in [1.82, 2.24) is 0 Å². The minimum Gasteiger partial charge on any atom is -0.269 e. The third-order valence-electron chi connectivity index (χ3n) is 4.39. The second-order valence-corrected chi connectivity index (χ2v) is 6.29. The Kier molecular flexibility index (Phi) is 4.84. The average Bonchev–Trinajstić information content (AvgIpc) is 3.04. The predicted octanol–water partition coefficient (Wildman–Crippen LogP) is 2.89. The molecule has 4 amide bonds. The molecule has 3 rings (SSSR count). The van der Waals surface area contributed by atoms with Gasteiger partial charge < -0.3 is 0 Å². The third kappa shape index (κ3) is 2.87. The monoisotopic (exact) mass is 352 g/mol. The van der Waals surface area contributed by atoms with Crippen LogP contribution in [0.1, 0.15) is 39.5 Å². The van der Waals surface area contributed by atoms with E-state index in [9.17, 15) is 19.2 Å². The Hall–Kier alpha value is -3.02. The fraction of sp³-hybridized carbons (Fsp3) is 0.300. The third-order valence-corrected chi connectivity index (χ3v) is 4.39. The van der Waals surface area contributed by atoms with Crippen molar-refractivity contribution < 1.29 is 19.2 Å². The number of benzene rings is 1. The summed E-state index contributed by atoms with van der Waals surface area (Å²) in [5.41, 5.74) is 1.38. The van der Waals surface area contributed by atoms with Crippen LogP contribution in [0.4, 0.5) is 11.4 Å². The molecular weight excluding hydrogens is 332 g/mol. The zero-order chi connectivity index (χ0) is 18.8. The van der Waals surface area contributed by atoms with Crippen molar-refractivity contribution in [3.8, 4) is 0 Å². The summed E-state index contributed by atoms with van der Waals surface area (Å²) in [5.74, 6) is -1.70. The summed E-state index contributed by atoms with van der Waals surface area (Å²) in [6.45, 7) is 3.86. The van der Waals surface area contributed by atoms with Crippen LogP contribution in [0.25, 0.3) is 0 Å². The number of hydrogen-bond donors (Lipinski definition) is 0. The minimum atomic E-state index is -0.452. The van der Waals surface area contributed by atoms with Crippen molar-refractivity contribution in [2.75, 3.05) is 9.80 Å². The largest absolute Gasteiger partial charge is 0.269 e. The smallest absolute Gasteiger partial charge is 0.261 e. The summed E-state index contributed by atoms with van der Waals surface area (Å²) in [6, 6.07) is 6.49. The van der Waals surface area contributed by atoms with Crippen molar-refractivity contribution in [3.63, 3.8) is 0 Å². The maximum Gasteiger partial charge on any atom is 0.261 e. The molecule has 0 saturated carbocycles. The quantitative estimate of drug-likeness (QED) is 0.738. The molecule has 0 atom stereocenters. The van der Waals surface area contributed by atoms with E-state index in [2.05, 4.69) is 0 Å². The number of amides is 4. The Balaban J connectivity index is 1.99. The molecule has 1 aromatic rings. The standard InChI is InChI=1S/C20H20N2O4/c1-3-7-13-11-17(23)21(19(13)25)15-9-5-6-10-16(15)22-18(24)12-14(8-4-2)20(22)26/h5-6,9-12H,3-4,7-8H2,1-2H3. The SMILES string of the molecule is CCCC1=CC(=O)N(c2ccccc2N2C(=O)C=C(CCC)C2=O)C1=O. The highest BCUT2D eigenvalue weighted by Crippen LogP contribution is 2.36. The topological polar surface area (TPSA) is 74.8 Å². The van der Waals surface area contributed by atoms with Crippen molar-refractivity contribution in [1.29, 1.82) is 0 Å². The highest BCUT2D eigenvalue weighted by atomic mass is 16.2. The Morgan fingerprint density at radius 1 is 0.692 bits per heavy atom. The van der Waals surface area contributed by atoms with E-state index in [4.69, 9.17) is 0 Å². The fourth-order valence-corrected chi connectivity index (χ4v) is 3.23. The van der Waals surface area contributed by atoms with E-state index in [-0.39, 0.29) is 11.4 Å². The van der Waals surface area contributed by atoms with Crippen LogP contribution in [0, 0.1) is 0 Å². The summed E-state index contributed by atoms with van der Waals surface area (Å²) in [5, 5.41) is 0. The van der Waals surface area contributed by atoms with Gasteiger partial charge in [0.15, 0.2) is 0 Å². The normalized spacial score (nSPS) is 17.3. The molecule has 0 aromatic heterocycles. The number of para-hydroxylation sites is 2. The van der Waals surface area contributed by atoms with E-state index >= 15 is 0 Å². The number of imide groups is 2. The van der Waals surface area contributed by atoms with Crippen LogP contribution in [-0.2, 0) is 19.2 Å². The molecule has 26 heavy (non-hydrogen) atoms. The van der Waals surface area contributed by atoms with E-state index in [1.165, 1.54) is 12.2 Å². The van der Waals surface area contributed by atoms with E-state index < -0.39 is 23.6 Å². The van der Waals surface area contributed by atoms with Gasteiger partial charge in [0.25, 0.3) is 23.6 Å². The zero-order valence-corrected chi connectivity index (χ0v) is 14.8. The molecule has 2 aliphatic heterocycles. The van der Waals surface area contributed by atoms with Crippen molar-refractivity contribution >= 4 is 35.0 Å². The molecule has 6 nitrogen and oxygen atoms in total. The zero-order valence-electron chi connectivity index (χ0n) is 14.8. The first-order chi connectivity index (χ1) is 12.5. The molecule has 0 spiro atoms. The van der Waals surface area contributed by atoms with Gasteiger partial charge in [-0.2, -0.15) is 0 Å². The Bertz CT molecular complexity index is 795. The highest BCUT2D eigenvalue weighted by Gasteiger charge is 2.38. The van der Waals surface area contributed by atoms with Crippen LogP contribution in [0.2, 0.25) is 0 Å². The van der Waals surface area contributed by atoms with Crippen LogP contribution in [0.15, 0.2) is 47.6 Å². The van der Waals surface area contributed by atoms with E-state index in [1.54, 1.807) is 24.3 Å². The van der Waals surface area contributed by atoms with Gasteiger partial charge in [0.1, 0.15) is 0 Å². The first kappa shape index (κ1) is 17.8. The number of carbonyl (C=O) groups excluding carboxylic acids is 4. The van der Waals surface area contributed by atoms with Gasteiger partial charge in [-0.15, -0.1) is 0 Å². The van der Waals surface area contributed by atoms with E-state index in [1.807, 2.05) is 13.8 Å². The van der Waals surface area contributed by atoms with E-state index in [0.29, 0.717) is 24.0 Å².